The molecule has 0 atom stereocenters. The smallest absolute Gasteiger partial charge is 0.335 e. The van der Waals surface area contributed by atoms with Crippen LogP contribution in [0.1, 0.15) is 36.5 Å². The average Bonchev–Trinajstić information content (AvgIpc) is 2.82. The second-order valence-corrected chi connectivity index (χ2v) is 7.50. The van der Waals surface area contributed by atoms with Gasteiger partial charge in [0.2, 0.25) is 0 Å². The number of phenols is 3. The van der Waals surface area contributed by atoms with Crippen molar-refractivity contribution in [3.8, 4) is 28.7 Å². The number of halogens is 1. The molecule has 0 spiro atoms. The monoisotopic (exact) mass is 499 g/mol. The van der Waals surface area contributed by atoms with Crippen molar-refractivity contribution in [2.75, 3.05) is 46.1 Å². The summed E-state index contributed by atoms with van der Waals surface area (Å²) < 4.78 is 16.7. The van der Waals surface area contributed by atoms with Gasteiger partial charge in [-0.15, -0.1) is 12.4 Å². The van der Waals surface area contributed by atoms with E-state index < -0.39 is 23.2 Å². The highest BCUT2D eigenvalue weighted by molar-refractivity contribution is 5.89. The van der Waals surface area contributed by atoms with E-state index in [1.807, 2.05) is 24.3 Å². The van der Waals surface area contributed by atoms with Crippen LogP contribution in [0.5, 0.6) is 28.7 Å². The van der Waals surface area contributed by atoms with Crippen LogP contribution in [-0.4, -0.2) is 77.4 Å². The van der Waals surface area contributed by atoms with E-state index in [2.05, 4.69) is 11.8 Å². The number of phenolic OH excluding ortho intramolecular Hbond substituents is 3. The normalized spacial score (nSPS) is 13.2. The number of unbranched alkanes of at least 4 members (excludes halogenated alkanes) is 1. The van der Waals surface area contributed by atoms with Gasteiger partial charge in [-0.25, -0.2) is 4.79 Å². The van der Waals surface area contributed by atoms with Crippen molar-refractivity contribution in [3.63, 3.8) is 0 Å². The number of aromatic carboxylic acids is 1. The second-order valence-electron chi connectivity index (χ2n) is 7.50. The van der Waals surface area contributed by atoms with Gasteiger partial charge in [0.1, 0.15) is 11.5 Å². The fourth-order valence-electron chi connectivity index (χ4n) is 3.00. The molecule has 34 heavy (non-hydrogen) atoms. The zero-order valence-electron chi connectivity index (χ0n) is 19.3. The van der Waals surface area contributed by atoms with E-state index in [9.17, 15) is 4.79 Å². The van der Waals surface area contributed by atoms with Crippen LogP contribution in [0.15, 0.2) is 36.4 Å². The van der Waals surface area contributed by atoms with E-state index in [1.54, 1.807) is 0 Å². The van der Waals surface area contributed by atoms with E-state index in [0.717, 1.165) is 89.0 Å². The number of hydrogen-bond acceptors (Lipinski definition) is 8. The van der Waals surface area contributed by atoms with Crippen LogP contribution in [-0.2, 0) is 4.74 Å². The number of carbonyl (C=O) groups is 1. The first-order valence-electron chi connectivity index (χ1n) is 11.0. The topological polar surface area (TPSA) is 129 Å². The summed E-state index contributed by atoms with van der Waals surface area (Å²) in [6, 6.07) is 9.61. The molecule has 1 aliphatic rings. The van der Waals surface area contributed by atoms with Crippen LogP contribution in [0.25, 0.3) is 0 Å². The predicted molar refractivity (Wildman–Crippen MR) is 130 cm³/mol. The van der Waals surface area contributed by atoms with Gasteiger partial charge in [-0.3, -0.25) is 4.90 Å². The molecule has 0 aromatic heterocycles. The van der Waals surface area contributed by atoms with E-state index in [-0.39, 0.29) is 18.0 Å². The van der Waals surface area contributed by atoms with Crippen molar-refractivity contribution in [3.05, 3.63) is 42.0 Å². The minimum Gasteiger partial charge on any atom is -0.504 e. The van der Waals surface area contributed by atoms with Crippen LogP contribution in [0, 0.1) is 0 Å². The Kier molecular flexibility index (Phi) is 13.6. The SMILES string of the molecule is CCCCOc1ccc(OCCCN2CCOCC2)cc1.Cl.O=C(O)c1cc(O)c(O)c(O)c1. The summed E-state index contributed by atoms with van der Waals surface area (Å²) in [6.45, 7) is 8.61. The third-order valence-corrected chi connectivity index (χ3v) is 4.90. The first kappa shape index (κ1) is 29.2. The number of benzene rings is 2. The van der Waals surface area contributed by atoms with Crippen LogP contribution in [0.3, 0.4) is 0 Å². The molecule has 0 bridgehead atoms. The van der Waals surface area contributed by atoms with E-state index in [1.165, 1.54) is 0 Å². The molecule has 0 saturated carbocycles. The molecule has 9 nitrogen and oxygen atoms in total. The molecule has 190 valence electrons. The van der Waals surface area contributed by atoms with Gasteiger partial charge in [-0.1, -0.05) is 13.3 Å². The summed E-state index contributed by atoms with van der Waals surface area (Å²) in [5, 5.41) is 35.0. The molecule has 3 rings (SSSR count). The Labute approximate surface area is 205 Å². The third kappa shape index (κ3) is 10.4. The van der Waals surface area contributed by atoms with Crippen molar-refractivity contribution < 1.29 is 39.4 Å². The summed E-state index contributed by atoms with van der Waals surface area (Å²) in [5.74, 6) is -1.50. The zero-order chi connectivity index (χ0) is 24.1. The van der Waals surface area contributed by atoms with Gasteiger partial charge in [0, 0.05) is 19.6 Å². The summed E-state index contributed by atoms with van der Waals surface area (Å²) in [4.78, 5) is 12.7. The highest BCUT2D eigenvalue weighted by Gasteiger charge is 2.12. The number of morpholine rings is 1. The number of nitrogens with zero attached hydrogens (tertiary/aromatic N) is 1. The molecule has 0 aliphatic carbocycles. The van der Waals surface area contributed by atoms with E-state index in [0.29, 0.717) is 0 Å². The number of ether oxygens (including phenoxy) is 3. The summed E-state index contributed by atoms with van der Waals surface area (Å²) in [6.07, 6.45) is 3.30. The number of aromatic hydroxyl groups is 3. The van der Waals surface area contributed by atoms with Gasteiger partial charge >= 0.3 is 5.97 Å². The van der Waals surface area contributed by atoms with Gasteiger partial charge in [-0.2, -0.15) is 0 Å². The van der Waals surface area contributed by atoms with Crippen LogP contribution in [0.2, 0.25) is 0 Å². The Morgan fingerprint density at radius 3 is 1.91 bits per heavy atom. The fraction of sp³-hybridized carbons (Fsp3) is 0.458. The van der Waals surface area contributed by atoms with Gasteiger partial charge < -0.3 is 34.6 Å². The predicted octanol–water partition coefficient (Wildman–Crippen LogP) is 3.89. The molecular weight excluding hydrogens is 466 g/mol. The Morgan fingerprint density at radius 1 is 0.941 bits per heavy atom. The second kappa shape index (κ2) is 15.9. The fourth-order valence-corrected chi connectivity index (χ4v) is 3.00. The van der Waals surface area contributed by atoms with Crippen molar-refractivity contribution in [2.24, 2.45) is 0 Å². The molecule has 0 radical (unpaired) electrons. The maximum absolute atomic E-state index is 10.3. The summed E-state index contributed by atoms with van der Waals surface area (Å²) in [5.41, 5.74) is -0.289. The quantitative estimate of drug-likeness (QED) is 0.284. The van der Waals surface area contributed by atoms with E-state index >= 15 is 0 Å². The molecular formula is C24H34ClNO8. The lowest BCUT2D eigenvalue weighted by molar-refractivity contribution is 0.0358. The van der Waals surface area contributed by atoms with Crippen molar-refractivity contribution >= 4 is 18.4 Å². The van der Waals surface area contributed by atoms with Crippen LogP contribution >= 0.6 is 12.4 Å². The van der Waals surface area contributed by atoms with Crippen molar-refractivity contribution in [1.29, 1.82) is 0 Å². The maximum Gasteiger partial charge on any atom is 0.335 e. The minimum absolute atomic E-state index is 0. The lowest BCUT2D eigenvalue weighted by atomic mass is 10.2. The highest BCUT2D eigenvalue weighted by atomic mass is 35.5. The lowest BCUT2D eigenvalue weighted by Gasteiger charge is -2.26. The standard InChI is InChI=1S/C17H27NO3.C7H6O5.ClH/c1-2-3-12-20-16-5-7-17(8-6-16)21-13-4-9-18-10-14-19-15-11-18;8-4-1-3(7(11)12)2-5(9)6(4)10;/h5-8H,2-4,9-15H2,1H3;1-2,8-10H,(H,11,12);1H. The summed E-state index contributed by atoms with van der Waals surface area (Å²) >= 11 is 0. The Balaban J connectivity index is 0.000000380. The van der Waals surface area contributed by atoms with Gasteiger partial charge in [0.05, 0.1) is 32.0 Å². The molecule has 2 aromatic carbocycles. The summed E-state index contributed by atoms with van der Waals surface area (Å²) in [7, 11) is 0. The number of rotatable bonds is 10. The first-order chi connectivity index (χ1) is 15.9. The minimum atomic E-state index is -1.29. The van der Waals surface area contributed by atoms with E-state index in [4.69, 9.17) is 34.6 Å². The maximum atomic E-state index is 10.3. The number of hydrogen-bond donors (Lipinski definition) is 4. The molecule has 1 heterocycles. The highest BCUT2D eigenvalue weighted by Crippen LogP contribution is 2.35. The molecule has 10 heteroatoms. The average molecular weight is 500 g/mol. The van der Waals surface area contributed by atoms with Gasteiger partial charge in [-0.05, 0) is 49.2 Å². The zero-order valence-corrected chi connectivity index (χ0v) is 20.1. The Morgan fingerprint density at radius 2 is 1.44 bits per heavy atom. The van der Waals surface area contributed by atoms with Gasteiger partial charge in [0.25, 0.3) is 0 Å². The number of carboxylic acid groups (broad SMARTS) is 1. The Bertz CT molecular complexity index is 834. The molecule has 0 unspecified atom stereocenters. The van der Waals surface area contributed by atoms with Crippen LogP contribution < -0.4 is 9.47 Å². The third-order valence-electron chi connectivity index (χ3n) is 4.90. The molecule has 2 aromatic rings. The van der Waals surface area contributed by atoms with Gasteiger partial charge in [0.15, 0.2) is 17.2 Å². The lowest BCUT2D eigenvalue weighted by Crippen LogP contribution is -2.37. The van der Waals surface area contributed by atoms with Crippen molar-refractivity contribution in [1.82, 2.24) is 4.90 Å². The Hall–Kier alpha value is -2.88. The molecule has 1 aliphatic heterocycles. The molecule has 1 saturated heterocycles. The first-order valence-corrected chi connectivity index (χ1v) is 11.0. The van der Waals surface area contributed by atoms with Crippen molar-refractivity contribution in [2.45, 2.75) is 26.2 Å². The molecule has 0 amide bonds. The largest absolute Gasteiger partial charge is 0.504 e. The van der Waals surface area contributed by atoms with Crippen LogP contribution in [0.4, 0.5) is 0 Å². The molecule has 4 N–H and O–H groups in total. The number of carboxylic acids is 1. The molecule has 1 fully saturated rings.